The maximum absolute atomic E-state index is 10.8. The molecule has 0 saturated carbocycles. The van der Waals surface area contributed by atoms with Crippen molar-refractivity contribution in [1.29, 1.82) is 0 Å². The lowest BCUT2D eigenvalue weighted by Gasteiger charge is -2.13. The summed E-state index contributed by atoms with van der Waals surface area (Å²) in [7, 11) is -4.43. The Kier molecular flexibility index (Phi) is 2.82. The Bertz CT molecular complexity index is 388. The first-order chi connectivity index (χ1) is 6.32. The molecule has 7 heteroatoms. The van der Waals surface area contributed by atoms with Crippen LogP contribution in [-0.4, -0.2) is 20.0 Å². The lowest BCUT2D eigenvalue weighted by atomic mass is 10.2. The SMILES string of the molecule is NC(c1ccc(O)c(O)c1)P(=O)(O)O. The van der Waals surface area contributed by atoms with E-state index >= 15 is 0 Å². The van der Waals surface area contributed by atoms with Gasteiger partial charge in [-0.25, -0.2) is 0 Å². The molecule has 0 bridgehead atoms. The standard InChI is InChI=1S/C7H10NO5P/c8-7(14(11,12)13)4-1-2-5(9)6(10)3-4/h1-3,7,9-10H,8H2,(H2,11,12,13). The van der Waals surface area contributed by atoms with Crippen LogP contribution in [0.2, 0.25) is 0 Å². The van der Waals surface area contributed by atoms with Crippen molar-refractivity contribution in [3.05, 3.63) is 23.8 Å². The summed E-state index contributed by atoms with van der Waals surface area (Å²) in [5, 5.41) is 18.0. The summed E-state index contributed by atoms with van der Waals surface area (Å²) in [4.78, 5) is 17.5. The van der Waals surface area contributed by atoms with E-state index in [2.05, 4.69) is 0 Å². The Morgan fingerprint density at radius 3 is 2.21 bits per heavy atom. The molecule has 0 aromatic heterocycles. The van der Waals surface area contributed by atoms with E-state index in [0.29, 0.717) is 0 Å². The summed E-state index contributed by atoms with van der Waals surface area (Å²) >= 11 is 0. The molecule has 0 amide bonds. The molecular formula is C7H10NO5P. The average molecular weight is 219 g/mol. The minimum atomic E-state index is -4.43. The number of nitrogens with two attached hydrogens (primary N) is 1. The van der Waals surface area contributed by atoms with Gasteiger partial charge in [0.1, 0.15) is 5.78 Å². The smallest absolute Gasteiger partial charge is 0.346 e. The van der Waals surface area contributed by atoms with Gasteiger partial charge in [-0.3, -0.25) is 4.57 Å². The number of rotatable bonds is 2. The molecule has 1 aromatic carbocycles. The minimum absolute atomic E-state index is 0.0635. The Morgan fingerprint density at radius 2 is 1.79 bits per heavy atom. The molecule has 78 valence electrons. The fraction of sp³-hybridized carbons (Fsp3) is 0.143. The van der Waals surface area contributed by atoms with Crippen LogP contribution in [0.15, 0.2) is 18.2 Å². The van der Waals surface area contributed by atoms with Crippen LogP contribution < -0.4 is 5.73 Å². The highest BCUT2D eigenvalue weighted by molar-refractivity contribution is 7.52. The summed E-state index contributed by atoms with van der Waals surface area (Å²) in [5.41, 5.74) is 5.30. The molecule has 1 atom stereocenters. The van der Waals surface area contributed by atoms with Gasteiger partial charge in [0, 0.05) is 0 Å². The first-order valence-electron chi connectivity index (χ1n) is 3.65. The van der Waals surface area contributed by atoms with E-state index in [1.807, 2.05) is 0 Å². The van der Waals surface area contributed by atoms with Crippen molar-refractivity contribution in [2.45, 2.75) is 5.78 Å². The summed E-state index contributed by atoms with van der Waals surface area (Å²) < 4.78 is 10.8. The summed E-state index contributed by atoms with van der Waals surface area (Å²) in [6.07, 6.45) is 0. The first-order valence-corrected chi connectivity index (χ1v) is 5.33. The van der Waals surface area contributed by atoms with Gasteiger partial charge in [-0.2, -0.15) is 0 Å². The predicted octanol–water partition coefficient (Wildman–Crippen LogP) is 0.233. The van der Waals surface area contributed by atoms with Crippen LogP contribution in [-0.2, 0) is 4.57 Å². The Morgan fingerprint density at radius 1 is 1.21 bits per heavy atom. The zero-order valence-electron chi connectivity index (χ0n) is 7.03. The fourth-order valence-electron chi connectivity index (χ4n) is 0.919. The molecule has 6 nitrogen and oxygen atoms in total. The van der Waals surface area contributed by atoms with Gasteiger partial charge < -0.3 is 25.7 Å². The van der Waals surface area contributed by atoms with E-state index < -0.39 is 19.1 Å². The average Bonchev–Trinajstić information content (AvgIpc) is 2.07. The maximum atomic E-state index is 10.8. The number of phenolic OH excluding ortho intramolecular Hbond substituents is 2. The van der Waals surface area contributed by atoms with Crippen molar-refractivity contribution < 1.29 is 24.6 Å². The molecule has 0 saturated heterocycles. The largest absolute Gasteiger partial charge is 0.504 e. The fourth-order valence-corrected chi connectivity index (χ4v) is 1.47. The Hall–Kier alpha value is -1.07. The Balaban J connectivity index is 3.09. The van der Waals surface area contributed by atoms with Crippen LogP contribution >= 0.6 is 7.60 Å². The van der Waals surface area contributed by atoms with Gasteiger partial charge in [0.05, 0.1) is 0 Å². The number of phenols is 2. The topological polar surface area (TPSA) is 124 Å². The van der Waals surface area contributed by atoms with Crippen LogP contribution in [0.4, 0.5) is 0 Å². The molecule has 0 aliphatic rings. The summed E-state index contributed by atoms with van der Waals surface area (Å²) in [6.45, 7) is 0. The van der Waals surface area contributed by atoms with Gasteiger partial charge in [0.2, 0.25) is 0 Å². The molecule has 0 aliphatic heterocycles. The first kappa shape index (κ1) is 11.0. The summed E-state index contributed by atoms with van der Waals surface area (Å²) in [5.74, 6) is -2.33. The van der Waals surface area contributed by atoms with E-state index in [4.69, 9.17) is 25.7 Å². The molecular weight excluding hydrogens is 209 g/mol. The van der Waals surface area contributed by atoms with Gasteiger partial charge >= 0.3 is 7.60 Å². The van der Waals surface area contributed by atoms with Crippen molar-refractivity contribution in [2.24, 2.45) is 5.73 Å². The van der Waals surface area contributed by atoms with Crippen molar-refractivity contribution in [3.8, 4) is 11.5 Å². The molecule has 14 heavy (non-hydrogen) atoms. The van der Waals surface area contributed by atoms with Crippen molar-refractivity contribution >= 4 is 7.60 Å². The van der Waals surface area contributed by atoms with Crippen molar-refractivity contribution in [3.63, 3.8) is 0 Å². The third-order valence-corrected chi connectivity index (χ3v) is 2.73. The summed E-state index contributed by atoms with van der Waals surface area (Å²) in [6, 6.07) is 3.36. The maximum Gasteiger partial charge on any atom is 0.346 e. The molecule has 1 aromatic rings. The number of hydrogen-bond acceptors (Lipinski definition) is 4. The predicted molar refractivity (Wildman–Crippen MR) is 48.7 cm³/mol. The van der Waals surface area contributed by atoms with Crippen LogP contribution in [0.1, 0.15) is 11.3 Å². The normalized spacial score (nSPS) is 13.9. The van der Waals surface area contributed by atoms with Crippen LogP contribution in [0, 0.1) is 0 Å². The highest BCUT2D eigenvalue weighted by Gasteiger charge is 2.26. The van der Waals surface area contributed by atoms with E-state index in [9.17, 15) is 4.57 Å². The van der Waals surface area contributed by atoms with Crippen LogP contribution in [0.5, 0.6) is 11.5 Å². The quantitative estimate of drug-likeness (QED) is 0.358. The van der Waals surface area contributed by atoms with Crippen LogP contribution in [0.25, 0.3) is 0 Å². The lowest BCUT2D eigenvalue weighted by Crippen LogP contribution is -2.10. The monoisotopic (exact) mass is 219 g/mol. The van der Waals surface area contributed by atoms with E-state index in [0.717, 1.165) is 12.1 Å². The highest BCUT2D eigenvalue weighted by atomic mass is 31.2. The van der Waals surface area contributed by atoms with Gasteiger partial charge in [0.25, 0.3) is 0 Å². The number of aromatic hydroxyl groups is 2. The van der Waals surface area contributed by atoms with Crippen molar-refractivity contribution in [2.75, 3.05) is 0 Å². The molecule has 1 rings (SSSR count). The highest BCUT2D eigenvalue weighted by Crippen LogP contribution is 2.48. The lowest BCUT2D eigenvalue weighted by molar-refractivity contribution is 0.359. The zero-order chi connectivity index (χ0) is 10.9. The van der Waals surface area contributed by atoms with Gasteiger partial charge in [-0.15, -0.1) is 0 Å². The van der Waals surface area contributed by atoms with E-state index in [1.165, 1.54) is 6.07 Å². The Labute approximate surface area is 79.8 Å². The minimum Gasteiger partial charge on any atom is -0.504 e. The third-order valence-electron chi connectivity index (χ3n) is 1.70. The molecule has 1 unspecified atom stereocenters. The second-order valence-corrected chi connectivity index (χ2v) is 4.52. The molecule has 6 N–H and O–H groups in total. The number of hydrogen-bond donors (Lipinski definition) is 5. The molecule has 0 fully saturated rings. The number of benzene rings is 1. The van der Waals surface area contributed by atoms with E-state index in [-0.39, 0.29) is 11.3 Å². The molecule has 0 radical (unpaired) electrons. The molecule has 0 aliphatic carbocycles. The van der Waals surface area contributed by atoms with Gasteiger partial charge in [-0.1, -0.05) is 6.07 Å². The van der Waals surface area contributed by atoms with Crippen molar-refractivity contribution in [1.82, 2.24) is 0 Å². The van der Waals surface area contributed by atoms with Gasteiger partial charge in [0.15, 0.2) is 11.5 Å². The zero-order valence-corrected chi connectivity index (χ0v) is 7.93. The van der Waals surface area contributed by atoms with Crippen LogP contribution in [0.3, 0.4) is 0 Å². The second kappa shape index (κ2) is 3.59. The van der Waals surface area contributed by atoms with E-state index in [1.54, 1.807) is 0 Å². The van der Waals surface area contributed by atoms with Gasteiger partial charge in [-0.05, 0) is 17.7 Å². The second-order valence-electron chi connectivity index (χ2n) is 2.78. The molecule has 0 heterocycles. The third kappa shape index (κ3) is 2.24. The molecule has 0 spiro atoms.